The Labute approximate surface area is 110 Å². The zero-order valence-corrected chi connectivity index (χ0v) is 11.1. The first-order valence-electron chi connectivity index (χ1n) is 5.76. The molecule has 0 bridgehead atoms. The van der Waals surface area contributed by atoms with Crippen molar-refractivity contribution in [1.29, 1.82) is 0 Å². The van der Waals surface area contributed by atoms with Crippen LogP contribution >= 0.6 is 11.3 Å². The molecule has 0 radical (unpaired) electrons. The van der Waals surface area contributed by atoms with Crippen molar-refractivity contribution in [2.75, 3.05) is 19.5 Å². The third-order valence-electron chi connectivity index (χ3n) is 2.71. The van der Waals surface area contributed by atoms with Crippen molar-refractivity contribution in [3.8, 4) is 10.6 Å². The van der Waals surface area contributed by atoms with Gasteiger partial charge in [0.1, 0.15) is 0 Å². The Kier molecular flexibility index (Phi) is 4.17. The second kappa shape index (κ2) is 5.84. The molecule has 0 saturated carbocycles. The summed E-state index contributed by atoms with van der Waals surface area (Å²) < 4.78 is 6.74. The molecule has 0 aliphatic heterocycles. The van der Waals surface area contributed by atoms with E-state index in [4.69, 9.17) is 10.5 Å². The molecule has 0 fully saturated rings. The largest absolute Gasteiger partial charge is 0.394 e. The molecule has 2 aromatic heterocycles. The van der Waals surface area contributed by atoms with Gasteiger partial charge in [-0.05, 0) is 30.0 Å². The molecule has 2 aromatic rings. The van der Waals surface area contributed by atoms with Gasteiger partial charge in [-0.1, -0.05) is 6.07 Å². The van der Waals surface area contributed by atoms with Crippen LogP contribution < -0.4 is 11.3 Å². The van der Waals surface area contributed by atoms with Crippen LogP contribution in [0.3, 0.4) is 0 Å². The summed E-state index contributed by atoms with van der Waals surface area (Å²) in [5.41, 5.74) is 6.76. The van der Waals surface area contributed by atoms with Crippen molar-refractivity contribution < 1.29 is 4.74 Å². The Morgan fingerprint density at radius 2 is 2.22 bits per heavy atom. The predicted octanol–water partition coefficient (Wildman–Crippen LogP) is 2.20. The van der Waals surface area contributed by atoms with Gasteiger partial charge in [0.15, 0.2) is 0 Å². The molecular weight excluding hydrogens is 248 g/mol. The molecule has 0 unspecified atom stereocenters. The predicted molar refractivity (Wildman–Crippen MR) is 74.9 cm³/mol. The van der Waals surface area contributed by atoms with Crippen molar-refractivity contribution in [3.05, 3.63) is 40.0 Å². The molecule has 0 aliphatic carbocycles. The first-order chi connectivity index (χ1) is 8.74. The van der Waals surface area contributed by atoms with Gasteiger partial charge >= 0.3 is 0 Å². The van der Waals surface area contributed by atoms with Gasteiger partial charge in [0.05, 0.1) is 16.3 Å². The second-order valence-electron chi connectivity index (χ2n) is 3.95. The Bertz CT molecular complexity index is 561. The van der Waals surface area contributed by atoms with Crippen LogP contribution in [0.4, 0.5) is 5.69 Å². The van der Waals surface area contributed by atoms with E-state index < -0.39 is 0 Å². The fourth-order valence-corrected chi connectivity index (χ4v) is 2.58. The van der Waals surface area contributed by atoms with Crippen molar-refractivity contribution in [3.63, 3.8) is 0 Å². The summed E-state index contributed by atoms with van der Waals surface area (Å²) in [4.78, 5) is 13.2. The molecule has 2 N–H and O–H groups in total. The highest BCUT2D eigenvalue weighted by Crippen LogP contribution is 2.24. The van der Waals surface area contributed by atoms with Crippen LogP contribution in [0.2, 0.25) is 0 Å². The number of nitrogens with zero attached hydrogens (tertiary/aromatic N) is 1. The monoisotopic (exact) mass is 264 g/mol. The van der Waals surface area contributed by atoms with E-state index in [2.05, 4.69) is 0 Å². The van der Waals surface area contributed by atoms with Crippen LogP contribution in [0.1, 0.15) is 6.42 Å². The minimum atomic E-state index is -0.128. The van der Waals surface area contributed by atoms with Gasteiger partial charge < -0.3 is 15.0 Å². The van der Waals surface area contributed by atoms with E-state index >= 15 is 0 Å². The first-order valence-corrected chi connectivity index (χ1v) is 6.64. The molecule has 0 atom stereocenters. The number of anilines is 1. The standard InChI is InChI=1S/C13H16N2O2S/c1-17-8-3-7-15-11(12-4-2-9-18-12)6-5-10(14)13(15)16/h2,4-6,9H,3,7-8,14H2,1H3. The smallest absolute Gasteiger partial charge is 0.274 e. The minimum Gasteiger partial charge on any atom is -0.394 e. The third-order valence-corrected chi connectivity index (χ3v) is 3.60. The normalized spacial score (nSPS) is 10.7. The maximum atomic E-state index is 12.1. The number of nitrogen functional groups attached to an aromatic ring is 1. The van der Waals surface area contributed by atoms with Crippen molar-refractivity contribution in [2.24, 2.45) is 0 Å². The molecule has 96 valence electrons. The Morgan fingerprint density at radius 3 is 2.89 bits per heavy atom. The zero-order valence-electron chi connectivity index (χ0n) is 10.3. The van der Waals surface area contributed by atoms with E-state index in [9.17, 15) is 4.79 Å². The van der Waals surface area contributed by atoms with Crippen molar-refractivity contribution in [1.82, 2.24) is 4.57 Å². The van der Waals surface area contributed by atoms with Gasteiger partial charge in [0, 0.05) is 20.3 Å². The number of pyridine rings is 1. The van der Waals surface area contributed by atoms with E-state index in [0.717, 1.165) is 17.0 Å². The molecule has 0 amide bonds. The molecule has 0 aromatic carbocycles. The average molecular weight is 264 g/mol. The molecule has 2 heterocycles. The first kappa shape index (κ1) is 12.9. The van der Waals surface area contributed by atoms with E-state index in [1.165, 1.54) is 0 Å². The molecule has 5 heteroatoms. The average Bonchev–Trinajstić information content (AvgIpc) is 2.88. The summed E-state index contributed by atoms with van der Waals surface area (Å²) in [5, 5.41) is 2.00. The molecule has 0 aliphatic rings. The number of ether oxygens (including phenoxy) is 1. The number of hydrogen-bond donors (Lipinski definition) is 1. The van der Waals surface area contributed by atoms with Crippen LogP contribution in [0, 0.1) is 0 Å². The number of methoxy groups -OCH3 is 1. The number of hydrogen-bond acceptors (Lipinski definition) is 4. The van der Waals surface area contributed by atoms with Gasteiger partial charge in [-0.3, -0.25) is 4.79 Å². The van der Waals surface area contributed by atoms with E-state index in [0.29, 0.717) is 13.2 Å². The Morgan fingerprint density at radius 1 is 1.39 bits per heavy atom. The summed E-state index contributed by atoms with van der Waals surface area (Å²) >= 11 is 1.61. The van der Waals surface area contributed by atoms with Crippen LogP contribution in [0.5, 0.6) is 0 Å². The SMILES string of the molecule is COCCCn1c(-c2cccs2)ccc(N)c1=O. The summed E-state index contributed by atoms with van der Waals surface area (Å²) in [5.74, 6) is 0. The molecular formula is C13H16N2O2S. The third kappa shape index (κ3) is 2.63. The molecule has 2 rings (SSSR count). The molecule has 0 saturated heterocycles. The molecule has 18 heavy (non-hydrogen) atoms. The molecule has 0 spiro atoms. The lowest BCUT2D eigenvalue weighted by molar-refractivity contribution is 0.190. The van der Waals surface area contributed by atoms with Crippen LogP contribution in [0.15, 0.2) is 34.4 Å². The topological polar surface area (TPSA) is 57.2 Å². The number of aromatic nitrogens is 1. The number of nitrogens with two attached hydrogens (primary N) is 1. The fourth-order valence-electron chi connectivity index (χ4n) is 1.82. The summed E-state index contributed by atoms with van der Waals surface area (Å²) in [6, 6.07) is 7.54. The van der Waals surface area contributed by atoms with E-state index in [-0.39, 0.29) is 11.2 Å². The second-order valence-corrected chi connectivity index (χ2v) is 4.90. The van der Waals surface area contributed by atoms with Gasteiger partial charge in [0.2, 0.25) is 0 Å². The summed E-state index contributed by atoms with van der Waals surface area (Å²) in [6.07, 6.45) is 0.790. The van der Waals surface area contributed by atoms with E-state index in [1.807, 2.05) is 23.6 Å². The molecule has 4 nitrogen and oxygen atoms in total. The fraction of sp³-hybridized carbons (Fsp3) is 0.308. The summed E-state index contributed by atoms with van der Waals surface area (Å²) in [7, 11) is 1.66. The number of rotatable bonds is 5. The maximum absolute atomic E-state index is 12.1. The van der Waals surface area contributed by atoms with Crippen molar-refractivity contribution in [2.45, 2.75) is 13.0 Å². The van der Waals surface area contributed by atoms with Crippen LogP contribution in [-0.2, 0) is 11.3 Å². The lowest BCUT2D eigenvalue weighted by Crippen LogP contribution is -2.24. The quantitative estimate of drug-likeness (QED) is 0.842. The zero-order chi connectivity index (χ0) is 13.0. The van der Waals surface area contributed by atoms with Gasteiger partial charge in [0.25, 0.3) is 5.56 Å². The maximum Gasteiger partial charge on any atom is 0.274 e. The van der Waals surface area contributed by atoms with Crippen molar-refractivity contribution >= 4 is 17.0 Å². The van der Waals surface area contributed by atoms with Gasteiger partial charge in [-0.2, -0.15) is 0 Å². The van der Waals surface area contributed by atoms with Gasteiger partial charge in [-0.15, -0.1) is 11.3 Å². The highest BCUT2D eigenvalue weighted by molar-refractivity contribution is 7.13. The lowest BCUT2D eigenvalue weighted by Gasteiger charge is -2.12. The summed E-state index contributed by atoms with van der Waals surface area (Å²) in [6.45, 7) is 1.25. The minimum absolute atomic E-state index is 0.128. The van der Waals surface area contributed by atoms with E-state index in [1.54, 1.807) is 29.1 Å². The highest BCUT2D eigenvalue weighted by Gasteiger charge is 2.09. The number of thiophene rings is 1. The Hall–Kier alpha value is -1.59. The van der Waals surface area contributed by atoms with Gasteiger partial charge in [-0.25, -0.2) is 0 Å². The van der Waals surface area contributed by atoms with Crippen LogP contribution in [0.25, 0.3) is 10.6 Å². The Balaban J connectivity index is 2.40. The highest BCUT2D eigenvalue weighted by atomic mass is 32.1. The van der Waals surface area contributed by atoms with Crippen LogP contribution in [-0.4, -0.2) is 18.3 Å². The lowest BCUT2D eigenvalue weighted by atomic mass is 10.2.